The van der Waals surface area contributed by atoms with E-state index < -0.39 is 17.2 Å². The Kier molecular flexibility index (Phi) is 9.83. The van der Waals surface area contributed by atoms with Gasteiger partial charge in [-0.05, 0) is 76.5 Å². The van der Waals surface area contributed by atoms with Gasteiger partial charge in [-0.1, -0.05) is 113 Å². The summed E-state index contributed by atoms with van der Waals surface area (Å²) < 4.78 is 5.56. The molecule has 8 rings (SSSR count). The number of carbonyl (C=O) groups is 2. The number of aromatic amines is 2. The molecule has 0 aliphatic rings. The maximum atomic E-state index is 15.2. The van der Waals surface area contributed by atoms with Crippen LogP contribution >= 0.6 is 34.8 Å². The van der Waals surface area contributed by atoms with Crippen molar-refractivity contribution in [2.45, 2.75) is 12.3 Å². The zero-order chi connectivity index (χ0) is 38.8. The lowest BCUT2D eigenvalue weighted by Gasteiger charge is -2.35. The van der Waals surface area contributed by atoms with Crippen molar-refractivity contribution in [1.29, 1.82) is 0 Å². The Morgan fingerprint density at radius 2 is 1.18 bits per heavy atom. The van der Waals surface area contributed by atoms with Crippen molar-refractivity contribution in [3.8, 4) is 34.0 Å². The first-order chi connectivity index (χ1) is 27.2. The summed E-state index contributed by atoms with van der Waals surface area (Å²) in [6.07, 6.45) is 0. The first kappa shape index (κ1) is 36.2. The van der Waals surface area contributed by atoms with E-state index in [1.165, 1.54) is 0 Å². The molecule has 4 N–H and O–H groups in total. The Balaban J connectivity index is 1.24. The van der Waals surface area contributed by atoms with Crippen molar-refractivity contribution >= 4 is 58.0 Å². The number of aromatic nitrogens is 9. The van der Waals surface area contributed by atoms with Crippen LogP contribution in [0.15, 0.2) is 120 Å². The molecule has 0 unspecified atom stereocenters. The molecule has 8 aromatic rings. The third-order valence-electron chi connectivity index (χ3n) is 9.13. The smallest absolute Gasteiger partial charge is 0.261 e. The van der Waals surface area contributed by atoms with Crippen LogP contribution < -0.4 is 10.6 Å². The van der Waals surface area contributed by atoms with E-state index in [0.717, 1.165) is 0 Å². The van der Waals surface area contributed by atoms with Crippen molar-refractivity contribution in [3.05, 3.63) is 158 Å². The van der Waals surface area contributed by atoms with Crippen LogP contribution in [0.4, 0.5) is 11.4 Å². The van der Waals surface area contributed by atoms with Crippen molar-refractivity contribution in [3.63, 3.8) is 0 Å². The van der Waals surface area contributed by atoms with Crippen molar-refractivity contribution in [2.24, 2.45) is 0 Å². The summed E-state index contributed by atoms with van der Waals surface area (Å²) in [4.78, 5) is 29.2. The second-order valence-corrected chi connectivity index (χ2v) is 13.7. The summed E-state index contributed by atoms with van der Waals surface area (Å²) in [5.41, 5.74) is 2.67. The molecule has 0 bridgehead atoms. The number of benzene rings is 5. The third-order valence-corrected chi connectivity index (χ3v) is 9.92. The standard InChI is InChI=1S/C39H26Cl3N11O3/c1-21-33(37(54)43-31-19-25(40)13-16-28(31)35-45-50-51-46-35)34(49-56-21)27-15-12-24(18-30(27)42)39(22-8-4-2-5-9-22,23-10-6-3-7-11-23)38(55)44-32-20-26(41)14-17-29(32)36-47-52-53-48-36/h2-20H,1H3,(H,43,54)(H,44,55)(H,45,46,50,51)(H,47,48,52,53). The highest BCUT2D eigenvalue weighted by atomic mass is 35.5. The van der Waals surface area contributed by atoms with Crippen LogP contribution in [0.3, 0.4) is 0 Å². The third kappa shape index (κ3) is 6.66. The number of carbonyl (C=O) groups excluding carboxylic acids is 2. The van der Waals surface area contributed by atoms with Gasteiger partial charge < -0.3 is 15.2 Å². The number of tetrazole rings is 2. The molecule has 0 aliphatic heterocycles. The monoisotopic (exact) mass is 801 g/mol. The number of H-pyrrole nitrogens is 2. The van der Waals surface area contributed by atoms with Crippen LogP contribution in [0.5, 0.6) is 0 Å². The highest BCUT2D eigenvalue weighted by Gasteiger charge is 2.44. The fraction of sp³-hybridized carbons (Fsp3) is 0.0513. The van der Waals surface area contributed by atoms with Crippen LogP contribution in [0.2, 0.25) is 15.1 Å². The molecule has 56 heavy (non-hydrogen) atoms. The van der Waals surface area contributed by atoms with Gasteiger partial charge in [-0.2, -0.15) is 10.4 Å². The van der Waals surface area contributed by atoms with Crippen LogP contribution in [0.1, 0.15) is 32.8 Å². The SMILES string of the molecule is Cc1onc(-c2ccc(C(C(=O)Nc3cc(Cl)ccc3-c3nn[nH]n3)(c3ccccc3)c3ccccc3)cc2Cl)c1C(=O)Nc1cc(Cl)ccc1-c1nn[nH]n1. The van der Waals surface area contributed by atoms with Crippen LogP contribution in [0, 0.1) is 6.92 Å². The van der Waals surface area contributed by atoms with Gasteiger partial charge in [0.15, 0.2) is 0 Å². The number of rotatable bonds is 10. The predicted octanol–water partition coefficient (Wildman–Crippen LogP) is 8.20. The van der Waals surface area contributed by atoms with Crippen molar-refractivity contribution < 1.29 is 14.1 Å². The van der Waals surface area contributed by atoms with Gasteiger partial charge in [0.05, 0.1) is 16.4 Å². The Labute approximate surface area is 332 Å². The molecule has 3 aromatic heterocycles. The van der Waals surface area contributed by atoms with Gasteiger partial charge in [-0.15, -0.1) is 20.4 Å². The first-order valence-electron chi connectivity index (χ1n) is 16.8. The van der Waals surface area contributed by atoms with E-state index in [9.17, 15) is 4.79 Å². The van der Waals surface area contributed by atoms with E-state index in [-0.39, 0.29) is 33.7 Å². The molecule has 2 amide bonds. The molecular weight excluding hydrogens is 777 g/mol. The van der Waals surface area contributed by atoms with E-state index in [0.29, 0.717) is 54.8 Å². The Bertz CT molecular complexity index is 2650. The molecule has 0 fully saturated rings. The Morgan fingerprint density at radius 3 is 1.70 bits per heavy atom. The summed E-state index contributed by atoms with van der Waals surface area (Å²) >= 11 is 19.9. The van der Waals surface area contributed by atoms with Crippen LogP contribution in [-0.2, 0) is 10.2 Å². The fourth-order valence-corrected chi connectivity index (χ4v) is 7.23. The zero-order valence-corrected chi connectivity index (χ0v) is 31.2. The second kappa shape index (κ2) is 15.2. The largest absolute Gasteiger partial charge is 0.360 e. The molecule has 14 nitrogen and oxygen atoms in total. The number of nitrogens with one attached hydrogen (secondary N) is 4. The van der Waals surface area contributed by atoms with Crippen molar-refractivity contribution in [1.82, 2.24) is 46.4 Å². The second-order valence-electron chi connectivity index (χ2n) is 12.4. The topological polar surface area (TPSA) is 193 Å². The molecule has 3 heterocycles. The van der Waals surface area contributed by atoms with Gasteiger partial charge in [0, 0.05) is 26.7 Å². The summed E-state index contributed by atoms with van der Waals surface area (Å²) in [6, 6.07) is 33.7. The van der Waals surface area contributed by atoms with E-state index in [4.69, 9.17) is 39.3 Å². The number of amides is 2. The van der Waals surface area contributed by atoms with E-state index in [1.807, 2.05) is 60.7 Å². The average molecular weight is 803 g/mol. The molecule has 5 aromatic carbocycles. The maximum absolute atomic E-state index is 15.2. The van der Waals surface area contributed by atoms with Crippen LogP contribution in [0.25, 0.3) is 34.0 Å². The highest BCUT2D eigenvalue weighted by molar-refractivity contribution is 6.34. The van der Waals surface area contributed by atoms with Crippen LogP contribution in [-0.4, -0.2) is 58.2 Å². The van der Waals surface area contributed by atoms with Gasteiger partial charge in [-0.3, -0.25) is 9.59 Å². The minimum atomic E-state index is -1.49. The van der Waals surface area contributed by atoms with E-state index in [2.05, 4.69) is 57.0 Å². The normalized spacial score (nSPS) is 11.4. The van der Waals surface area contributed by atoms with Gasteiger partial charge in [0.25, 0.3) is 5.91 Å². The molecule has 0 saturated heterocycles. The highest BCUT2D eigenvalue weighted by Crippen LogP contribution is 2.44. The molecule has 0 spiro atoms. The number of hydrogen-bond acceptors (Lipinski definition) is 10. The molecule has 0 atom stereocenters. The Hall–Kier alpha value is -6.74. The fourth-order valence-electron chi connectivity index (χ4n) is 6.62. The lowest BCUT2D eigenvalue weighted by Crippen LogP contribution is -2.42. The predicted molar refractivity (Wildman–Crippen MR) is 210 cm³/mol. The number of anilines is 2. The minimum Gasteiger partial charge on any atom is -0.360 e. The summed E-state index contributed by atoms with van der Waals surface area (Å²) in [5, 5.41) is 39.7. The van der Waals surface area contributed by atoms with Gasteiger partial charge in [0.2, 0.25) is 17.6 Å². The van der Waals surface area contributed by atoms with E-state index >= 15 is 4.79 Å². The molecule has 17 heteroatoms. The number of hydrogen-bond donors (Lipinski definition) is 4. The number of halogens is 3. The minimum absolute atomic E-state index is 0.128. The molecule has 0 radical (unpaired) electrons. The lowest BCUT2D eigenvalue weighted by molar-refractivity contribution is -0.119. The first-order valence-corrected chi connectivity index (χ1v) is 17.9. The van der Waals surface area contributed by atoms with Gasteiger partial charge in [0.1, 0.15) is 22.4 Å². The molecule has 276 valence electrons. The number of aryl methyl sites for hydroxylation is 1. The Morgan fingerprint density at radius 1 is 0.643 bits per heavy atom. The summed E-state index contributed by atoms with van der Waals surface area (Å²) in [6.45, 7) is 1.62. The average Bonchev–Trinajstić information content (AvgIpc) is 4.00. The zero-order valence-electron chi connectivity index (χ0n) is 29.0. The molecular formula is C39H26Cl3N11O3. The molecule has 0 aliphatic carbocycles. The van der Waals surface area contributed by atoms with Gasteiger partial charge in [-0.25, -0.2) is 0 Å². The van der Waals surface area contributed by atoms with E-state index in [1.54, 1.807) is 61.5 Å². The lowest BCUT2D eigenvalue weighted by atomic mass is 9.68. The summed E-state index contributed by atoms with van der Waals surface area (Å²) in [5.74, 6) is -0.224. The number of nitrogens with zero attached hydrogens (tertiary/aromatic N) is 7. The van der Waals surface area contributed by atoms with Crippen molar-refractivity contribution in [2.75, 3.05) is 10.6 Å². The van der Waals surface area contributed by atoms with Gasteiger partial charge >= 0.3 is 0 Å². The summed E-state index contributed by atoms with van der Waals surface area (Å²) in [7, 11) is 0. The quantitative estimate of drug-likeness (QED) is 0.0980. The maximum Gasteiger partial charge on any atom is 0.261 e. The molecule has 0 saturated carbocycles.